The lowest BCUT2D eigenvalue weighted by molar-refractivity contribution is -0.141. The predicted octanol–water partition coefficient (Wildman–Crippen LogP) is 3.48. The number of oxazole rings is 2. The van der Waals surface area contributed by atoms with E-state index in [0.717, 1.165) is 11.0 Å². The summed E-state index contributed by atoms with van der Waals surface area (Å²) in [5.74, 6) is -2.51. The van der Waals surface area contributed by atoms with Crippen molar-refractivity contribution in [3.05, 3.63) is 65.5 Å². The minimum absolute atomic E-state index is 0.00919. The van der Waals surface area contributed by atoms with E-state index < -0.39 is 35.4 Å². The first-order chi connectivity index (χ1) is 14.3. The van der Waals surface area contributed by atoms with E-state index >= 15 is 0 Å². The van der Waals surface area contributed by atoms with Crippen LogP contribution in [0.15, 0.2) is 39.8 Å². The molecular weight excluding hydrogens is 410 g/mol. The van der Waals surface area contributed by atoms with Gasteiger partial charge in [-0.1, -0.05) is 0 Å². The molecule has 1 N–H and O–H groups in total. The van der Waals surface area contributed by atoms with Gasteiger partial charge in [-0.15, -0.1) is 0 Å². The van der Waals surface area contributed by atoms with Crippen molar-refractivity contribution < 1.29 is 31.2 Å². The Morgan fingerprint density at radius 1 is 1.27 bits per heavy atom. The maximum absolute atomic E-state index is 13.5. The molecule has 5 rings (SSSR count). The van der Waals surface area contributed by atoms with Crippen LogP contribution in [0, 0.1) is 5.82 Å². The topological polar surface area (TPSA) is 101 Å². The Bertz CT molecular complexity index is 1260. The van der Waals surface area contributed by atoms with Gasteiger partial charge in [0.25, 0.3) is 5.91 Å². The smallest absolute Gasteiger partial charge is 0.437 e. The van der Waals surface area contributed by atoms with Crippen molar-refractivity contribution in [2.45, 2.75) is 18.6 Å². The molecule has 0 spiro atoms. The van der Waals surface area contributed by atoms with E-state index in [0.29, 0.717) is 24.2 Å². The lowest BCUT2D eigenvalue weighted by Crippen LogP contribution is -2.41. The van der Waals surface area contributed by atoms with E-state index in [1.807, 2.05) is 0 Å². The molecule has 0 unspecified atom stereocenters. The summed E-state index contributed by atoms with van der Waals surface area (Å²) in [6.07, 6.45) is -2.57. The molecule has 3 aromatic heterocycles. The minimum Gasteiger partial charge on any atom is -0.438 e. The van der Waals surface area contributed by atoms with Gasteiger partial charge >= 0.3 is 6.18 Å². The van der Waals surface area contributed by atoms with E-state index in [1.165, 1.54) is 18.5 Å². The largest absolute Gasteiger partial charge is 0.438 e. The van der Waals surface area contributed by atoms with Crippen LogP contribution in [0.4, 0.5) is 17.6 Å². The van der Waals surface area contributed by atoms with Gasteiger partial charge in [-0.3, -0.25) is 4.79 Å². The standard InChI is InChI=1S/C18H11F4N5O3/c19-8-1-2-11-10(5-8)26-16(30-11)13-12-9(23-6-24-12)3-4-27(13)17(28)14-15(18(20,21)22)25-7-29-14/h1-2,5-7,13H,3-4H2,(H,23,24)/t13-/m0/s1. The fourth-order valence-electron chi connectivity index (χ4n) is 3.51. The Hall–Kier alpha value is -3.70. The monoisotopic (exact) mass is 421 g/mol. The lowest BCUT2D eigenvalue weighted by atomic mass is 10.0. The summed E-state index contributed by atoms with van der Waals surface area (Å²) in [7, 11) is 0. The molecule has 0 aliphatic carbocycles. The molecule has 1 aliphatic rings. The van der Waals surface area contributed by atoms with E-state index in [9.17, 15) is 22.4 Å². The number of aromatic nitrogens is 4. The first-order valence-electron chi connectivity index (χ1n) is 8.72. The third-order valence-electron chi connectivity index (χ3n) is 4.82. The normalized spacial score (nSPS) is 16.8. The van der Waals surface area contributed by atoms with E-state index in [-0.39, 0.29) is 23.5 Å². The Morgan fingerprint density at radius 3 is 2.90 bits per heavy atom. The summed E-state index contributed by atoms with van der Waals surface area (Å²) in [5.41, 5.74) is 0.104. The van der Waals surface area contributed by atoms with Gasteiger partial charge in [-0.05, 0) is 12.1 Å². The third-order valence-corrected chi connectivity index (χ3v) is 4.82. The number of benzene rings is 1. The average molecular weight is 421 g/mol. The molecule has 1 atom stereocenters. The number of H-pyrrole nitrogens is 1. The van der Waals surface area contributed by atoms with E-state index in [2.05, 4.69) is 19.9 Å². The number of carbonyl (C=O) groups is 1. The number of fused-ring (bicyclic) bond motifs is 2. The summed E-state index contributed by atoms with van der Waals surface area (Å²) in [4.78, 5) is 28.7. The highest BCUT2D eigenvalue weighted by Crippen LogP contribution is 2.37. The van der Waals surface area contributed by atoms with Gasteiger partial charge in [-0.25, -0.2) is 19.3 Å². The molecule has 154 valence electrons. The molecule has 0 saturated heterocycles. The summed E-state index contributed by atoms with van der Waals surface area (Å²) in [5, 5.41) is 0. The predicted molar refractivity (Wildman–Crippen MR) is 90.6 cm³/mol. The van der Waals surface area contributed by atoms with Crippen LogP contribution in [0.1, 0.15) is 39.6 Å². The highest BCUT2D eigenvalue weighted by molar-refractivity contribution is 5.93. The van der Waals surface area contributed by atoms with Crippen molar-refractivity contribution in [1.29, 1.82) is 0 Å². The van der Waals surface area contributed by atoms with Gasteiger partial charge in [0, 0.05) is 24.7 Å². The average Bonchev–Trinajstić information content (AvgIpc) is 3.43. The first kappa shape index (κ1) is 18.3. The molecule has 0 saturated carbocycles. The molecule has 4 heterocycles. The number of nitrogens with zero attached hydrogens (tertiary/aromatic N) is 4. The van der Waals surface area contributed by atoms with Crippen LogP contribution in [-0.2, 0) is 12.6 Å². The number of amides is 1. The zero-order valence-corrected chi connectivity index (χ0v) is 14.9. The highest BCUT2D eigenvalue weighted by Gasteiger charge is 2.44. The SMILES string of the molecule is O=C(c1ocnc1C(F)(F)F)N1CCc2[nH]cnc2[C@H]1c1nc2cc(F)ccc2o1. The second kappa shape index (κ2) is 6.40. The van der Waals surface area contributed by atoms with Crippen LogP contribution in [0.2, 0.25) is 0 Å². The van der Waals surface area contributed by atoms with Crippen LogP contribution in [0.25, 0.3) is 11.1 Å². The van der Waals surface area contributed by atoms with Crippen molar-refractivity contribution >= 4 is 17.0 Å². The molecule has 0 fully saturated rings. The van der Waals surface area contributed by atoms with Gasteiger partial charge in [0.2, 0.25) is 11.7 Å². The van der Waals surface area contributed by atoms with Crippen molar-refractivity contribution in [3.63, 3.8) is 0 Å². The number of rotatable bonds is 2. The van der Waals surface area contributed by atoms with Crippen LogP contribution in [0.5, 0.6) is 0 Å². The highest BCUT2D eigenvalue weighted by atomic mass is 19.4. The maximum atomic E-state index is 13.5. The maximum Gasteiger partial charge on any atom is 0.437 e. The van der Waals surface area contributed by atoms with Gasteiger partial charge in [0.15, 0.2) is 23.7 Å². The third kappa shape index (κ3) is 2.83. The summed E-state index contributed by atoms with van der Waals surface area (Å²) < 4.78 is 63.7. The van der Waals surface area contributed by atoms with Gasteiger partial charge in [-0.2, -0.15) is 13.2 Å². The Morgan fingerprint density at radius 2 is 2.10 bits per heavy atom. The molecule has 30 heavy (non-hydrogen) atoms. The van der Waals surface area contributed by atoms with Gasteiger partial charge in [0.1, 0.15) is 11.3 Å². The molecule has 1 aromatic carbocycles. The van der Waals surface area contributed by atoms with E-state index in [4.69, 9.17) is 8.83 Å². The zero-order chi connectivity index (χ0) is 21.0. The molecule has 1 amide bonds. The fourth-order valence-corrected chi connectivity index (χ4v) is 3.51. The van der Waals surface area contributed by atoms with Gasteiger partial charge in [0.05, 0.1) is 12.0 Å². The number of halogens is 4. The number of alkyl halides is 3. The molecule has 0 radical (unpaired) electrons. The van der Waals surface area contributed by atoms with Crippen LogP contribution < -0.4 is 0 Å². The molecule has 8 nitrogen and oxygen atoms in total. The molecule has 0 bridgehead atoms. The first-order valence-corrected chi connectivity index (χ1v) is 8.72. The van der Waals surface area contributed by atoms with Gasteiger partial charge < -0.3 is 18.7 Å². The fraction of sp³-hybridized carbons (Fsp3) is 0.222. The molecular formula is C18H11F4N5O3. The molecule has 1 aliphatic heterocycles. The second-order valence-electron chi connectivity index (χ2n) is 6.61. The Balaban J connectivity index is 1.62. The Labute approximate surface area is 164 Å². The van der Waals surface area contributed by atoms with Crippen molar-refractivity contribution in [1.82, 2.24) is 24.8 Å². The number of carbonyl (C=O) groups excluding carboxylic acids is 1. The Kier molecular flexibility index (Phi) is 3.91. The number of aromatic amines is 1. The summed E-state index contributed by atoms with van der Waals surface area (Å²) in [6.45, 7) is 0.0454. The van der Waals surface area contributed by atoms with E-state index in [1.54, 1.807) is 0 Å². The van der Waals surface area contributed by atoms with Crippen molar-refractivity contribution in [3.8, 4) is 0 Å². The summed E-state index contributed by atoms with van der Waals surface area (Å²) >= 11 is 0. The van der Waals surface area contributed by atoms with Crippen LogP contribution in [0.3, 0.4) is 0 Å². The number of hydrogen-bond donors (Lipinski definition) is 1. The van der Waals surface area contributed by atoms with Crippen molar-refractivity contribution in [2.75, 3.05) is 6.54 Å². The second-order valence-corrected chi connectivity index (χ2v) is 6.61. The van der Waals surface area contributed by atoms with Crippen LogP contribution >= 0.6 is 0 Å². The number of nitrogens with one attached hydrogen (secondary N) is 1. The quantitative estimate of drug-likeness (QED) is 0.498. The van der Waals surface area contributed by atoms with Crippen molar-refractivity contribution in [2.24, 2.45) is 0 Å². The minimum atomic E-state index is -4.87. The zero-order valence-electron chi connectivity index (χ0n) is 14.9. The van der Waals surface area contributed by atoms with Crippen LogP contribution in [-0.4, -0.2) is 37.3 Å². The lowest BCUT2D eigenvalue weighted by Gasteiger charge is -2.32. The molecule has 12 heteroatoms. The summed E-state index contributed by atoms with van der Waals surface area (Å²) in [6, 6.07) is 2.68. The molecule has 4 aromatic rings. The number of hydrogen-bond acceptors (Lipinski definition) is 6. The number of imidazole rings is 1.